The zero-order chi connectivity index (χ0) is 14.2. The van der Waals surface area contributed by atoms with Crippen molar-refractivity contribution >= 4 is 39.7 Å². The van der Waals surface area contributed by atoms with Gasteiger partial charge in [0.1, 0.15) is 17.2 Å². The maximum absolute atomic E-state index is 10.2. The summed E-state index contributed by atoms with van der Waals surface area (Å²) in [5, 5.41) is 13.2. The highest BCUT2D eigenvalue weighted by Gasteiger charge is 2.08. The Balaban J connectivity index is 1.99. The van der Waals surface area contributed by atoms with Crippen molar-refractivity contribution in [3.63, 3.8) is 0 Å². The van der Waals surface area contributed by atoms with Crippen molar-refractivity contribution in [1.29, 1.82) is 0 Å². The molecule has 0 atom stereocenters. The smallest absolute Gasteiger partial charge is 0.147 e. The first-order chi connectivity index (χ1) is 10.3. The van der Waals surface area contributed by atoms with Gasteiger partial charge in [-0.2, -0.15) is 0 Å². The van der Waals surface area contributed by atoms with E-state index >= 15 is 0 Å². The lowest BCUT2D eigenvalue weighted by Crippen LogP contribution is -1.97. The van der Waals surface area contributed by atoms with Crippen LogP contribution >= 0.6 is 11.3 Å². The normalized spacial score (nSPS) is 12.3. The minimum atomic E-state index is 0.211. The zero-order valence-electron chi connectivity index (χ0n) is 11.0. The Morgan fingerprint density at radius 2 is 2.10 bits per heavy atom. The highest BCUT2D eigenvalue weighted by atomic mass is 32.1. The van der Waals surface area contributed by atoms with Gasteiger partial charge in [-0.1, -0.05) is 18.2 Å². The maximum Gasteiger partial charge on any atom is 0.147 e. The Kier molecular flexibility index (Phi) is 2.72. The summed E-state index contributed by atoms with van der Waals surface area (Å²) in [4.78, 5) is 9.83. The van der Waals surface area contributed by atoms with Crippen LogP contribution in [0.5, 0.6) is 0 Å². The first-order valence-corrected chi connectivity index (χ1v) is 7.37. The van der Waals surface area contributed by atoms with Crippen LogP contribution in [0.2, 0.25) is 0 Å². The van der Waals surface area contributed by atoms with Crippen LogP contribution in [0, 0.1) is 0 Å². The number of hydrogen-bond acceptors (Lipinski definition) is 4. The van der Waals surface area contributed by atoms with Gasteiger partial charge in [-0.3, -0.25) is 4.40 Å². The minimum Gasteiger partial charge on any atom is -0.506 e. The van der Waals surface area contributed by atoms with Crippen molar-refractivity contribution in [3.05, 3.63) is 64.9 Å². The number of para-hydroxylation sites is 1. The summed E-state index contributed by atoms with van der Waals surface area (Å²) in [7, 11) is 0. The Bertz CT molecular complexity index is 954. The molecule has 0 fully saturated rings. The molecule has 102 valence electrons. The van der Waals surface area contributed by atoms with Crippen molar-refractivity contribution in [2.24, 2.45) is 0 Å². The van der Waals surface area contributed by atoms with Crippen molar-refractivity contribution in [2.75, 3.05) is 0 Å². The Morgan fingerprint density at radius 1 is 1.19 bits per heavy atom. The topological polar surface area (TPSA) is 50.4 Å². The van der Waals surface area contributed by atoms with E-state index in [-0.39, 0.29) is 5.76 Å². The van der Waals surface area contributed by atoms with Crippen molar-refractivity contribution in [3.8, 4) is 0 Å². The van der Waals surface area contributed by atoms with Gasteiger partial charge in [-0.15, -0.1) is 11.3 Å². The van der Waals surface area contributed by atoms with E-state index in [9.17, 15) is 5.11 Å². The van der Waals surface area contributed by atoms with Crippen LogP contribution in [0.3, 0.4) is 0 Å². The predicted molar refractivity (Wildman–Crippen MR) is 85.3 cm³/mol. The van der Waals surface area contributed by atoms with Gasteiger partial charge in [-0.05, 0) is 23.6 Å². The maximum atomic E-state index is 10.2. The van der Waals surface area contributed by atoms with Crippen LogP contribution in [-0.2, 0) is 0 Å². The molecule has 5 heteroatoms. The van der Waals surface area contributed by atoms with E-state index in [1.807, 2.05) is 52.4 Å². The fourth-order valence-electron chi connectivity index (χ4n) is 2.34. The minimum absolute atomic E-state index is 0.211. The van der Waals surface area contributed by atoms with Crippen molar-refractivity contribution in [1.82, 2.24) is 14.4 Å². The number of aliphatic hydroxyl groups is 1. The van der Waals surface area contributed by atoms with Crippen molar-refractivity contribution in [2.45, 2.75) is 0 Å². The number of nitrogens with zero attached hydrogens (tertiary/aromatic N) is 3. The molecule has 0 radical (unpaired) electrons. The van der Waals surface area contributed by atoms with E-state index < -0.39 is 0 Å². The monoisotopic (exact) mass is 293 g/mol. The van der Waals surface area contributed by atoms with Crippen LogP contribution < -0.4 is 0 Å². The number of rotatable bonds is 2. The summed E-state index contributed by atoms with van der Waals surface area (Å²) >= 11 is 1.49. The molecule has 3 heterocycles. The largest absolute Gasteiger partial charge is 0.506 e. The summed E-state index contributed by atoms with van der Waals surface area (Å²) in [5.41, 5.74) is 1.70. The van der Waals surface area contributed by atoms with Crippen LogP contribution in [0.4, 0.5) is 0 Å². The van der Waals surface area contributed by atoms with Crippen LogP contribution in [-0.4, -0.2) is 19.5 Å². The Labute approximate surface area is 124 Å². The second-order valence-electron chi connectivity index (χ2n) is 4.61. The molecule has 0 aliphatic carbocycles. The van der Waals surface area contributed by atoms with Gasteiger partial charge >= 0.3 is 0 Å². The van der Waals surface area contributed by atoms with Crippen molar-refractivity contribution < 1.29 is 5.11 Å². The second-order valence-corrected chi connectivity index (χ2v) is 5.56. The fraction of sp³-hybridized carbons (Fsp3) is 0. The summed E-state index contributed by atoms with van der Waals surface area (Å²) in [6.45, 7) is 0. The molecular weight excluding hydrogens is 282 g/mol. The molecule has 0 spiro atoms. The lowest BCUT2D eigenvalue weighted by molar-refractivity contribution is 0.517. The van der Waals surface area contributed by atoms with Gasteiger partial charge in [-0.25, -0.2) is 9.97 Å². The molecule has 0 saturated carbocycles. The molecule has 0 saturated heterocycles. The van der Waals surface area contributed by atoms with Crippen LogP contribution in [0.15, 0.2) is 54.2 Å². The zero-order valence-corrected chi connectivity index (χ0v) is 11.8. The molecule has 4 nitrogen and oxygen atoms in total. The van der Waals surface area contributed by atoms with E-state index in [0.717, 1.165) is 21.4 Å². The summed E-state index contributed by atoms with van der Waals surface area (Å²) in [6, 6.07) is 11.6. The predicted octanol–water partition coefficient (Wildman–Crippen LogP) is 4.00. The molecule has 0 aliphatic heterocycles. The SMILES string of the molecule is O/C(=C\c1nc2ccccc2c2nccn12)c1cccs1. The summed E-state index contributed by atoms with van der Waals surface area (Å²) in [6.07, 6.45) is 5.26. The van der Waals surface area contributed by atoms with Crippen LogP contribution in [0.1, 0.15) is 10.7 Å². The lowest BCUT2D eigenvalue weighted by Gasteiger charge is -2.05. The van der Waals surface area contributed by atoms with E-state index in [4.69, 9.17) is 0 Å². The number of aromatic nitrogens is 3. The number of benzene rings is 1. The van der Waals surface area contributed by atoms with E-state index in [2.05, 4.69) is 9.97 Å². The third kappa shape index (κ3) is 1.98. The molecular formula is C16H11N3OS. The van der Waals surface area contributed by atoms with E-state index in [0.29, 0.717) is 5.82 Å². The lowest BCUT2D eigenvalue weighted by atomic mass is 10.2. The molecule has 1 N–H and O–H groups in total. The number of fused-ring (bicyclic) bond motifs is 3. The van der Waals surface area contributed by atoms with Crippen LogP contribution in [0.25, 0.3) is 28.4 Å². The standard InChI is InChI=1S/C16H11N3OS/c20-13(14-6-3-9-21-14)10-15-18-12-5-2-1-4-11(12)16-17-7-8-19(15)16/h1-10,20H/b13-10-. The number of aliphatic hydroxyl groups excluding tert-OH is 1. The third-order valence-electron chi connectivity index (χ3n) is 3.31. The first kappa shape index (κ1) is 12.1. The average molecular weight is 293 g/mol. The average Bonchev–Trinajstić information content (AvgIpc) is 3.19. The van der Waals surface area contributed by atoms with E-state index in [1.54, 1.807) is 12.3 Å². The molecule has 21 heavy (non-hydrogen) atoms. The number of hydrogen-bond donors (Lipinski definition) is 1. The molecule has 3 aromatic heterocycles. The first-order valence-electron chi connectivity index (χ1n) is 6.49. The Morgan fingerprint density at radius 3 is 2.95 bits per heavy atom. The molecule has 0 unspecified atom stereocenters. The molecule has 0 amide bonds. The molecule has 4 rings (SSSR count). The van der Waals surface area contributed by atoms with E-state index in [1.165, 1.54) is 11.3 Å². The quantitative estimate of drug-likeness (QED) is 0.568. The van der Waals surface area contributed by atoms with Gasteiger partial charge in [0.25, 0.3) is 0 Å². The number of imidazole rings is 1. The molecule has 0 aliphatic rings. The molecule has 0 bridgehead atoms. The highest BCUT2D eigenvalue weighted by Crippen LogP contribution is 2.23. The van der Waals surface area contributed by atoms with Gasteiger partial charge < -0.3 is 5.11 Å². The summed E-state index contributed by atoms with van der Waals surface area (Å²) < 4.78 is 1.88. The van der Waals surface area contributed by atoms with Gasteiger partial charge in [0, 0.05) is 23.9 Å². The van der Waals surface area contributed by atoms with Gasteiger partial charge in [0.2, 0.25) is 0 Å². The summed E-state index contributed by atoms with van der Waals surface area (Å²) in [5.74, 6) is 0.870. The Hall–Kier alpha value is -2.66. The second kappa shape index (κ2) is 4.71. The van der Waals surface area contributed by atoms with Gasteiger partial charge in [0.15, 0.2) is 0 Å². The van der Waals surface area contributed by atoms with Gasteiger partial charge in [0.05, 0.1) is 10.4 Å². The molecule has 4 aromatic rings. The highest BCUT2D eigenvalue weighted by molar-refractivity contribution is 7.11. The molecule has 1 aromatic carbocycles. The fourth-order valence-corrected chi connectivity index (χ4v) is 2.99. The number of thiophene rings is 1. The third-order valence-corrected chi connectivity index (χ3v) is 4.20.